The van der Waals surface area contributed by atoms with Crippen LogP contribution in [0.4, 0.5) is 4.79 Å². The molecule has 1 aromatic carbocycles. The van der Waals surface area contributed by atoms with Crippen molar-refractivity contribution < 1.29 is 14.4 Å². The van der Waals surface area contributed by atoms with Crippen LogP contribution in [0.25, 0.3) is 0 Å². The highest BCUT2D eigenvalue weighted by Crippen LogP contribution is 2.45. The molecule has 1 heterocycles. The van der Waals surface area contributed by atoms with Gasteiger partial charge in [0.15, 0.2) is 0 Å². The van der Waals surface area contributed by atoms with Crippen molar-refractivity contribution in [2.45, 2.75) is 71.9 Å². The maximum atomic E-state index is 13.0. The lowest BCUT2D eigenvalue weighted by Crippen LogP contribution is -2.51. The minimum Gasteiger partial charge on any atom is -0.350 e. The summed E-state index contributed by atoms with van der Waals surface area (Å²) in [6.07, 6.45) is 4.22. The normalized spacial score (nSPS) is 24.7. The molecule has 158 valence electrons. The van der Waals surface area contributed by atoms with Gasteiger partial charge in [-0.15, -0.1) is 0 Å². The van der Waals surface area contributed by atoms with Gasteiger partial charge in [-0.25, -0.2) is 4.79 Å². The van der Waals surface area contributed by atoms with Crippen LogP contribution in [0.1, 0.15) is 64.0 Å². The summed E-state index contributed by atoms with van der Waals surface area (Å²) in [6.45, 7) is 8.89. The van der Waals surface area contributed by atoms with E-state index in [9.17, 15) is 14.4 Å². The molecule has 29 heavy (non-hydrogen) atoms. The first kappa shape index (κ1) is 21.3. The Morgan fingerprint density at radius 2 is 1.83 bits per heavy atom. The van der Waals surface area contributed by atoms with Gasteiger partial charge in [-0.05, 0) is 49.5 Å². The second-order valence-corrected chi connectivity index (χ2v) is 9.28. The average Bonchev–Trinajstić information content (AvgIpc) is 2.92. The number of nitrogens with one attached hydrogen (secondary N) is 2. The molecule has 0 atom stereocenters. The molecule has 2 fully saturated rings. The predicted molar refractivity (Wildman–Crippen MR) is 112 cm³/mol. The van der Waals surface area contributed by atoms with Crippen molar-refractivity contribution in [2.24, 2.45) is 11.3 Å². The number of aryl methyl sites for hydroxylation is 1. The van der Waals surface area contributed by atoms with Gasteiger partial charge in [-0.3, -0.25) is 14.5 Å². The van der Waals surface area contributed by atoms with Gasteiger partial charge in [0.2, 0.25) is 5.91 Å². The van der Waals surface area contributed by atoms with Gasteiger partial charge < -0.3 is 10.6 Å². The lowest BCUT2D eigenvalue weighted by molar-refractivity contribution is -0.136. The molecule has 0 unspecified atom stereocenters. The molecule has 1 aliphatic heterocycles. The van der Waals surface area contributed by atoms with Crippen LogP contribution >= 0.6 is 0 Å². The third-order valence-electron chi connectivity index (χ3n) is 7.01. The van der Waals surface area contributed by atoms with E-state index in [1.807, 2.05) is 31.2 Å². The fourth-order valence-corrected chi connectivity index (χ4v) is 4.45. The zero-order chi connectivity index (χ0) is 21.2. The number of hydrogen-bond donors (Lipinski definition) is 2. The van der Waals surface area contributed by atoms with E-state index in [4.69, 9.17) is 0 Å². The van der Waals surface area contributed by atoms with Crippen LogP contribution in [-0.2, 0) is 16.1 Å². The minimum atomic E-state index is -0.825. The second-order valence-electron chi connectivity index (χ2n) is 9.28. The maximum absolute atomic E-state index is 13.0. The molecule has 6 nitrogen and oxygen atoms in total. The third kappa shape index (κ3) is 4.46. The molecule has 2 aliphatic rings. The Kier molecular flexibility index (Phi) is 6.01. The van der Waals surface area contributed by atoms with E-state index in [0.29, 0.717) is 25.3 Å². The standard InChI is InChI=1S/C23H33N3O3/c1-5-22(3,4)18-10-12-23(13-11-18)20(28)26(21(29)25-23)15-19(27)24-14-17-8-6-16(2)7-9-17/h6-9,18H,5,10-15H2,1-4H3,(H,24,27)(H,25,29). The molecule has 6 heteroatoms. The van der Waals surface area contributed by atoms with Gasteiger partial charge in [0.05, 0.1) is 0 Å². The highest BCUT2D eigenvalue weighted by Gasteiger charge is 2.53. The topological polar surface area (TPSA) is 78.5 Å². The van der Waals surface area contributed by atoms with E-state index in [1.165, 1.54) is 0 Å². The minimum absolute atomic E-state index is 0.234. The Hall–Kier alpha value is -2.37. The first-order chi connectivity index (χ1) is 13.7. The van der Waals surface area contributed by atoms with Crippen molar-refractivity contribution in [1.82, 2.24) is 15.5 Å². The highest BCUT2D eigenvalue weighted by atomic mass is 16.2. The number of rotatable bonds is 6. The molecule has 0 aromatic heterocycles. The number of benzene rings is 1. The van der Waals surface area contributed by atoms with E-state index in [1.54, 1.807) is 0 Å². The lowest BCUT2D eigenvalue weighted by Gasteiger charge is -2.42. The van der Waals surface area contributed by atoms with Gasteiger partial charge >= 0.3 is 6.03 Å². The monoisotopic (exact) mass is 399 g/mol. The molecular formula is C23H33N3O3. The highest BCUT2D eigenvalue weighted by molar-refractivity contribution is 6.09. The van der Waals surface area contributed by atoms with Gasteiger partial charge in [-0.1, -0.05) is 57.0 Å². The summed E-state index contributed by atoms with van der Waals surface area (Å²) in [4.78, 5) is 38.9. The molecule has 1 aromatic rings. The fourth-order valence-electron chi connectivity index (χ4n) is 4.45. The Morgan fingerprint density at radius 3 is 2.41 bits per heavy atom. The van der Waals surface area contributed by atoms with E-state index in [-0.39, 0.29) is 23.8 Å². The first-order valence-electron chi connectivity index (χ1n) is 10.6. The predicted octanol–water partition coefficient (Wildman–Crippen LogP) is 3.53. The lowest BCUT2D eigenvalue weighted by atomic mass is 9.65. The molecule has 4 amide bonds. The molecule has 1 spiro atoms. The average molecular weight is 400 g/mol. The zero-order valence-electron chi connectivity index (χ0n) is 18.0. The van der Waals surface area contributed by atoms with Crippen LogP contribution in [0.15, 0.2) is 24.3 Å². The number of carbonyl (C=O) groups is 3. The Balaban J connectivity index is 1.56. The van der Waals surface area contributed by atoms with Gasteiger partial charge in [0, 0.05) is 6.54 Å². The van der Waals surface area contributed by atoms with Crippen molar-refractivity contribution in [3.8, 4) is 0 Å². The third-order valence-corrected chi connectivity index (χ3v) is 7.01. The fraction of sp³-hybridized carbons (Fsp3) is 0.609. The molecule has 3 rings (SSSR count). The van der Waals surface area contributed by atoms with Crippen LogP contribution in [0.3, 0.4) is 0 Å². The summed E-state index contributed by atoms with van der Waals surface area (Å²) >= 11 is 0. The number of nitrogens with zero attached hydrogens (tertiary/aromatic N) is 1. The summed E-state index contributed by atoms with van der Waals surface area (Å²) < 4.78 is 0. The van der Waals surface area contributed by atoms with E-state index in [0.717, 1.165) is 35.3 Å². The number of imide groups is 1. The Bertz CT molecular complexity index is 777. The van der Waals surface area contributed by atoms with Crippen LogP contribution in [0.2, 0.25) is 0 Å². The first-order valence-corrected chi connectivity index (χ1v) is 10.6. The van der Waals surface area contributed by atoms with Crippen molar-refractivity contribution >= 4 is 17.8 Å². The summed E-state index contributed by atoms with van der Waals surface area (Å²) in [5.41, 5.74) is 1.55. The molecule has 0 bridgehead atoms. The second kappa shape index (κ2) is 8.17. The zero-order valence-corrected chi connectivity index (χ0v) is 18.0. The summed E-state index contributed by atoms with van der Waals surface area (Å²) in [5.74, 6) is -0.0256. The van der Waals surface area contributed by atoms with E-state index < -0.39 is 11.6 Å². The van der Waals surface area contributed by atoms with Crippen LogP contribution in [0.5, 0.6) is 0 Å². The summed E-state index contributed by atoms with van der Waals surface area (Å²) in [7, 11) is 0. The van der Waals surface area contributed by atoms with Crippen LogP contribution in [0, 0.1) is 18.3 Å². The van der Waals surface area contributed by atoms with Crippen molar-refractivity contribution in [3.63, 3.8) is 0 Å². The summed E-state index contributed by atoms with van der Waals surface area (Å²) in [6, 6.07) is 7.43. The van der Waals surface area contributed by atoms with Crippen molar-refractivity contribution in [3.05, 3.63) is 35.4 Å². The number of amides is 4. The molecule has 0 radical (unpaired) electrons. The largest absolute Gasteiger partial charge is 0.350 e. The number of hydrogen-bond acceptors (Lipinski definition) is 3. The maximum Gasteiger partial charge on any atom is 0.325 e. The van der Waals surface area contributed by atoms with Gasteiger partial charge in [0.25, 0.3) is 5.91 Å². The van der Waals surface area contributed by atoms with E-state index in [2.05, 4.69) is 31.4 Å². The van der Waals surface area contributed by atoms with Crippen LogP contribution in [-0.4, -0.2) is 34.8 Å². The molecule has 2 N–H and O–H groups in total. The molecule has 1 saturated carbocycles. The van der Waals surface area contributed by atoms with Crippen LogP contribution < -0.4 is 10.6 Å². The smallest absolute Gasteiger partial charge is 0.325 e. The molecular weight excluding hydrogens is 366 g/mol. The summed E-state index contributed by atoms with van der Waals surface area (Å²) in [5, 5.41) is 5.70. The Morgan fingerprint density at radius 1 is 1.21 bits per heavy atom. The quantitative estimate of drug-likeness (QED) is 0.719. The number of carbonyl (C=O) groups excluding carboxylic acids is 3. The van der Waals surface area contributed by atoms with Crippen molar-refractivity contribution in [1.29, 1.82) is 0 Å². The van der Waals surface area contributed by atoms with E-state index >= 15 is 0 Å². The molecule has 1 aliphatic carbocycles. The van der Waals surface area contributed by atoms with Gasteiger partial charge in [-0.2, -0.15) is 0 Å². The van der Waals surface area contributed by atoms with Gasteiger partial charge in [0.1, 0.15) is 12.1 Å². The SMILES string of the molecule is CCC(C)(C)C1CCC2(CC1)NC(=O)N(CC(=O)NCc1ccc(C)cc1)C2=O. The molecule has 1 saturated heterocycles. The Labute approximate surface area is 173 Å². The number of urea groups is 1. The van der Waals surface area contributed by atoms with Crippen molar-refractivity contribution in [2.75, 3.05) is 6.54 Å².